The summed E-state index contributed by atoms with van der Waals surface area (Å²) < 4.78 is 54.0. The number of rotatable bonds is 7. The maximum Gasteiger partial charge on any atom is 0.243 e. The maximum absolute atomic E-state index is 13.8. The first kappa shape index (κ1) is 19.9. The number of benzene rings is 2. The monoisotopic (exact) mass is 396 g/mol. The highest BCUT2D eigenvalue weighted by atomic mass is 32.2. The van der Waals surface area contributed by atoms with Crippen LogP contribution in [0.4, 0.5) is 8.78 Å². The Hall–Kier alpha value is -1.87. The van der Waals surface area contributed by atoms with E-state index in [0.29, 0.717) is 12.6 Å². The van der Waals surface area contributed by atoms with Crippen LogP contribution in [0.3, 0.4) is 0 Å². The van der Waals surface area contributed by atoms with E-state index in [1.165, 1.54) is 0 Å². The van der Waals surface area contributed by atoms with Gasteiger partial charge in [-0.1, -0.05) is 24.3 Å². The molecule has 0 unspecified atom stereocenters. The van der Waals surface area contributed by atoms with E-state index in [1.54, 1.807) is 6.07 Å². The molecular weight excluding hydrogens is 374 g/mol. The summed E-state index contributed by atoms with van der Waals surface area (Å²) >= 11 is 0. The van der Waals surface area contributed by atoms with Crippen LogP contribution in [0.2, 0.25) is 0 Å². The highest BCUT2D eigenvalue weighted by molar-refractivity contribution is 7.89. The minimum Gasteiger partial charge on any atom is -0.395 e. The molecule has 1 heterocycles. The third-order valence-electron chi connectivity index (χ3n) is 4.84. The van der Waals surface area contributed by atoms with E-state index < -0.39 is 26.6 Å². The van der Waals surface area contributed by atoms with Crippen LogP contribution < -0.4 is 4.72 Å². The molecule has 0 bridgehead atoms. The van der Waals surface area contributed by atoms with Gasteiger partial charge in [0.15, 0.2) is 0 Å². The molecule has 5 nitrogen and oxygen atoms in total. The molecular formula is C19H22F2N2O3S. The lowest BCUT2D eigenvalue weighted by Gasteiger charge is -2.24. The zero-order valence-corrected chi connectivity index (χ0v) is 15.6. The summed E-state index contributed by atoms with van der Waals surface area (Å²) in [7, 11) is -4.11. The molecule has 0 spiro atoms. The molecule has 0 amide bonds. The summed E-state index contributed by atoms with van der Waals surface area (Å²) in [5.41, 5.74) is 1.72. The number of aliphatic hydroxyl groups is 1. The Balaban J connectivity index is 1.74. The van der Waals surface area contributed by atoms with Gasteiger partial charge in [-0.25, -0.2) is 21.9 Å². The number of hydrogen-bond acceptors (Lipinski definition) is 4. The SMILES string of the molecule is O=S(=O)(NCc1ccccc1CN1CCC[C@@H]1CO)c1ccc(F)cc1F. The summed E-state index contributed by atoms with van der Waals surface area (Å²) in [6.45, 7) is 1.58. The molecule has 1 atom stereocenters. The number of nitrogens with one attached hydrogen (secondary N) is 1. The standard InChI is InChI=1S/C19H22F2N2O3S/c20-16-7-8-19(18(21)10-16)27(25,26)22-11-14-4-1-2-5-15(14)12-23-9-3-6-17(23)13-24/h1-2,4-5,7-8,10,17,22,24H,3,6,9,11-13H2/t17-/m1/s1. The van der Waals surface area contributed by atoms with Crippen LogP contribution in [0.15, 0.2) is 47.4 Å². The Morgan fingerprint density at radius 1 is 1.15 bits per heavy atom. The topological polar surface area (TPSA) is 69.6 Å². The largest absolute Gasteiger partial charge is 0.395 e. The van der Waals surface area contributed by atoms with E-state index in [1.807, 2.05) is 18.2 Å². The highest BCUT2D eigenvalue weighted by Gasteiger charge is 2.25. The predicted molar refractivity (Wildman–Crippen MR) is 97.3 cm³/mol. The zero-order valence-electron chi connectivity index (χ0n) is 14.7. The smallest absolute Gasteiger partial charge is 0.243 e. The van der Waals surface area contributed by atoms with Crippen LogP contribution >= 0.6 is 0 Å². The number of aliphatic hydroxyl groups excluding tert-OH is 1. The van der Waals surface area contributed by atoms with Crippen molar-refractivity contribution in [2.24, 2.45) is 0 Å². The average Bonchev–Trinajstić information content (AvgIpc) is 3.08. The molecule has 2 aromatic rings. The van der Waals surface area contributed by atoms with E-state index in [4.69, 9.17) is 0 Å². The van der Waals surface area contributed by atoms with Crippen molar-refractivity contribution in [1.82, 2.24) is 9.62 Å². The Kier molecular flexibility index (Phi) is 6.21. The summed E-state index contributed by atoms with van der Waals surface area (Å²) in [4.78, 5) is 1.59. The van der Waals surface area contributed by atoms with Gasteiger partial charge in [0.05, 0.1) is 6.61 Å². The lowest BCUT2D eigenvalue weighted by Crippen LogP contribution is -2.32. The lowest BCUT2D eigenvalue weighted by atomic mass is 10.1. The van der Waals surface area contributed by atoms with Gasteiger partial charge in [-0.2, -0.15) is 0 Å². The molecule has 1 fully saturated rings. The predicted octanol–water partition coefficient (Wildman–Crippen LogP) is 2.40. The quantitative estimate of drug-likeness (QED) is 0.754. The normalized spacial score (nSPS) is 18.1. The van der Waals surface area contributed by atoms with Crippen molar-refractivity contribution in [3.05, 3.63) is 65.2 Å². The van der Waals surface area contributed by atoms with Gasteiger partial charge in [-0.05, 0) is 42.6 Å². The first-order valence-corrected chi connectivity index (χ1v) is 10.3. The molecule has 1 aliphatic heterocycles. The summed E-state index contributed by atoms with van der Waals surface area (Å²) in [5.74, 6) is -1.96. The fraction of sp³-hybridized carbons (Fsp3) is 0.368. The molecule has 2 aromatic carbocycles. The molecule has 2 N–H and O–H groups in total. The van der Waals surface area contributed by atoms with E-state index in [0.717, 1.165) is 42.6 Å². The van der Waals surface area contributed by atoms with Crippen LogP contribution in [0, 0.1) is 11.6 Å². The van der Waals surface area contributed by atoms with Crippen LogP contribution in [0.25, 0.3) is 0 Å². The summed E-state index contributed by atoms with van der Waals surface area (Å²) in [6, 6.07) is 9.88. The second-order valence-corrected chi connectivity index (χ2v) is 8.35. The third kappa shape index (κ3) is 4.70. The second-order valence-electron chi connectivity index (χ2n) is 6.62. The Bertz CT molecular complexity index is 906. The number of nitrogens with zero attached hydrogens (tertiary/aromatic N) is 1. The van der Waals surface area contributed by atoms with E-state index in [-0.39, 0.29) is 19.2 Å². The number of hydrogen-bond donors (Lipinski definition) is 2. The average molecular weight is 396 g/mol. The van der Waals surface area contributed by atoms with Crippen LogP contribution in [-0.2, 0) is 23.1 Å². The minimum absolute atomic E-state index is 0.00699. The summed E-state index contributed by atoms with van der Waals surface area (Å²) in [5, 5.41) is 9.47. The van der Waals surface area contributed by atoms with Crippen LogP contribution in [0.1, 0.15) is 24.0 Å². The molecule has 1 aliphatic rings. The molecule has 0 aliphatic carbocycles. The van der Waals surface area contributed by atoms with E-state index >= 15 is 0 Å². The molecule has 27 heavy (non-hydrogen) atoms. The molecule has 1 saturated heterocycles. The highest BCUT2D eigenvalue weighted by Crippen LogP contribution is 2.22. The molecule has 146 valence electrons. The van der Waals surface area contributed by atoms with Crippen molar-refractivity contribution >= 4 is 10.0 Å². The van der Waals surface area contributed by atoms with Gasteiger partial charge in [-0.3, -0.25) is 4.90 Å². The first-order chi connectivity index (χ1) is 12.9. The van der Waals surface area contributed by atoms with Crippen molar-refractivity contribution in [3.63, 3.8) is 0 Å². The maximum atomic E-state index is 13.8. The van der Waals surface area contributed by atoms with Gasteiger partial charge in [0.1, 0.15) is 16.5 Å². The zero-order chi connectivity index (χ0) is 19.4. The van der Waals surface area contributed by atoms with Crippen molar-refractivity contribution in [3.8, 4) is 0 Å². The van der Waals surface area contributed by atoms with Gasteiger partial charge in [-0.15, -0.1) is 0 Å². The van der Waals surface area contributed by atoms with Crippen molar-refractivity contribution in [2.75, 3.05) is 13.2 Å². The number of halogens is 2. The Morgan fingerprint density at radius 3 is 2.59 bits per heavy atom. The van der Waals surface area contributed by atoms with Crippen LogP contribution in [-0.4, -0.2) is 37.6 Å². The van der Waals surface area contributed by atoms with Gasteiger partial charge in [0, 0.05) is 25.2 Å². The fourth-order valence-electron chi connectivity index (χ4n) is 3.36. The minimum atomic E-state index is -4.11. The lowest BCUT2D eigenvalue weighted by molar-refractivity contribution is 0.153. The Labute approximate surface area is 157 Å². The summed E-state index contributed by atoms with van der Waals surface area (Å²) in [6.07, 6.45) is 1.96. The third-order valence-corrected chi connectivity index (χ3v) is 6.27. The van der Waals surface area contributed by atoms with E-state index in [2.05, 4.69) is 9.62 Å². The van der Waals surface area contributed by atoms with E-state index in [9.17, 15) is 22.3 Å². The van der Waals surface area contributed by atoms with Gasteiger partial charge in [0.2, 0.25) is 10.0 Å². The second kappa shape index (κ2) is 8.43. The van der Waals surface area contributed by atoms with Crippen molar-refractivity contribution in [2.45, 2.75) is 36.9 Å². The Morgan fingerprint density at radius 2 is 1.89 bits per heavy atom. The molecule has 0 aromatic heterocycles. The number of likely N-dealkylation sites (tertiary alicyclic amines) is 1. The molecule has 0 radical (unpaired) electrons. The molecule has 0 saturated carbocycles. The molecule has 3 rings (SSSR count). The van der Waals surface area contributed by atoms with Crippen LogP contribution in [0.5, 0.6) is 0 Å². The van der Waals surface area contributed by atoms with Gasteiger partial charge >= 0.3 is 0 Å². The first-order valence-electron chi connectivity index (χ1n) is 8.77. The van der Waals surface area contributed by atoms with Crippen molar-refractivity contribution < 1.29 is 22.3 Å². The fourth-order valence-corrected chi connectivity index (χ4v) is 4.42. The van der Waals surface area contributed by atoms with Gasteiger partial charge < -0.3 is 5.11 Å². The molecule has 8 heteroatoms. The van der Waals surface area contributed by atoms with Crippen molar-refractivity contribution in [1.29, 1.82) is 0 Å². The van der Waals surface area contributed by atoms with Gasteiger partial charge in [0.25, 0.3) is 0 Å². The number of sulfonamides is 1.